The standard InChI is InChI=1S/C18H26N4O3S/c1-13(2)18-20-19-17(25-18)12-21-7-9-22(10-8-21)26(23,24)16-11-14(3)5-6-15(16)4/h5-6,11,13H,7-10,12H2,1-4H3. The Bertz CT molecular complexity index is 868. The molecule has 0 atom stereocenters. The van der Waals surface area contributed by atoms with Crippen molar-refractivity contribution in [3.63, 3.8) is 0 Å². The van der Waals surface area contributed by atoms with Crippen LogP contribution in [0.3, 0.4) is 0 Å². The predicted octanol–water partition coefficient (Wildman–Crippen LogP) is 2.32. The third kappa shape index (κ3) is 3.97. The van der Waals surface area contributed by atoms with Gasteiger partial charge >= 0.3 is 0 Å². The lowest BCUT2D eigenvalue weighted by Crippen LogP contribution is -2.48. The van der Waals surface area contributed by atoms with Crippen LogP contribution < -0.4 is 0 Å². The van der Waals surface area contributed by atoms with Crippen LogP contribution in [0.1, 0.15) is 42.7 Å². The Balaban J connectivity index is 1.65. The van der Waals surface area contributed by atoms with Crippen LogP contribution in [-0.2, 0) is 16.6 Å². The third-order valence-corrected chi connectivity index (χ3v) is 6.67. The molecular weight excluding hydrogens is 352 g/mol. The van der Waals surface area contributed by atoms with Gasteiger partial charge in [0.2, 0.25) is 21.8 Å². The lowest BCUT2D eigenvalue weighted by molar-refractivity contribution is 0.167. The van der Waals surface area contributed by atoms with Crippen molar-refractivity contribution in [1.29, 1.82) is 0 Å². The van der Waals surface area contributed by atoms with E-state index in [4.69, 9.17) is 4.42 Å². The molecule has 1 aliphatic heterocycles. The maximum atomic E-state index is 13.0. The first kappa shape index (κ1) is 19.0. The van der Waals surface area contributed by atoms with Gasteiger partial charge in [-0.1, -0.05) is 26.0 Å². The minimum atomic E-state index is -3.46. The zero-order chi connectivity index (χ0) is 18.9. The third-order valence-electron chi connectivity index (χ3n) is 4.63. The summed E-state index contributed by atoms with van der Waals surface area (Å²) in [6, 6.07) is 5.55. The summed E-state index contributed by atoms with van der Waals surface area (Å²) in [7, 11) is -3.46. The summed E-state index contributed by atoms with van der Waals surface area (Å²) in [6.45, 7) is 10.5. The number of benzene rings is 1. The molecule has 2 heterocycles. The Kier molecular flexibility index (Phi) is 5.45. The van der Waals surface area contributed by atoms with Crippen molar-refractivity contribution < 1.29 is 12.8 Å². The molecule has 3 rings (SSSR count). The van der Waals surface area contributed by atoms with E-state index in [1.807, 2.05) is 39.8 Å². The average molecular weight is 378 g/mol. The van der Waals surface area contributed by atoms with Crippen molar-refractivity contribution in [2.75, 3.05) is 26.2 Å². The molecule has 0 radical (unpaired) electrons. The molecule has 26 heavy (non-hydrogen) atoms. The molecule has 0 aliphatic carbocycles. The van der Waals surface area contributed by atoms with Crippen molar-refractivity contribution in [2.24, 2.45) is 0 Å². The van der Waals surface area contributed by atoms with Gasteiger partial charge in [-0.15, -0.1) is 10.2 Å². The Morgan fingerprint density at radius 1 is 1.12 bits per heavy atom. The van der Waals surface area contributed by atoms with Gasteiger partial charge < -0.3 is 4.42 Å². The predicted molar refractivity (Wildman–Crippen MR) is 98.3 cm³/mol. The molecule has 0 saturated carbocycles. The molecule has 7 nitrogen and oxygen atoms in total. The first-order chi connectivity index (χ1) is 12.3. The summed E-state index contributed by atoms with van der Waals surface area (Å²) in [5.74, 6) is 1.42. The van der Waals surface area contributed by atoms with E-state index in [1.54, 1.807) is 10.4 Å². The number of nitrogens with zero attached hydrogens (tertiary/aromatic N) is 4. The largest absolute Gasteiger partial charge is 0.424 e. The lowest BCUT2D eigenvalue weighted by Gasteiger charge is -2.33. The fourth-order valence-electron chi connectivity index (χ4n) is 3.01. The van der Waals surface area contributed by atoms with Gasteiger partial charge in [0.15, 0.2) is 0 Å². The molecule has 0 N–H and O–H groups in total. The van der Waals surface area contributed by atoms with Gasteiger partial charge in [-0.2, -0.15) is 4.31 Å². The van der Waals surface area contributed by atoms with E-state index >= 15 is 0 Å². The van der Waals surface area contributed by atoms with Crippen molar-refractivity contribution >= 4 is 10.0 Å². The topological polar surface area (TPSA) is 79.5 Å². The number of sulfonamides is 1. The SMILES string of the molecule is Cc1ccc(C)c(S(=O)(=O)N2CCN(Cc3nnc(C(C)C)o3)CC2)c1. The normalized spacial score (nSPS) is 17.1. The van der Waals surface area contributed by atoms with Gasteiger partial charge in [0.05, 0.1) is 11.4 Å². The van der Waals surface area contributed by atoms with E-state index in [-0.39, 0.29) is 5.92 Å². The summed E-state index contributed by atoms with van der Waals surface area (Å²) >= 11 is 0. The number of aryl methyl sites for hydroxylation is 2. The molecule has 1 saturated heterocycles. The van der Waals surface area contributed by atoms with E-state index in [2.05, 4.69) is 15.1 Å². The summed E-state index contributed by atoms with van der Waals surface area (Å²) < 4.78 is 33.2. The quantitative estimate of drug-likeness (QED) is 0.794. The second kappa shape index (κ2) is 7.46. The highest BCUT2D eigenvalue weighted by Crippen LogP contribution is 2.23. The highest BCUT2D eigenvalue weighted by Gasteiger charge is 2.30. The summed E-state index contributed by atoms with van der Waals surface area (Å²) in [5.41, 5.74) is 1.73. The smallest absolute Gasteiger partial charge is 0.243 e. The molecule has 1 aliphatic rings. The Morgan fingerprint density at radius 2 is 1.81 bits per heavy atom. The van der Waals surface area contributed by atoms with E-state index in [9.17, 15) is 8.42 Å². The van der Waals surface area contributed by atoms with Crippen LogP contribution in [0.15, 0.2) is 27.5 Å². The molecule has 1 fully saturated rings. The van der Waals surface area contributed by atoms with Crippen molar-refractivity contribution in [2.45, 2.75) is 45.1 Å². The molecule has 0 unspecified atom stereocenters. The van der Waals surface area contributed by atoms with Gasteiger partial charge in [-0.05, 0) is 31.0 Å². The highest BCUT2D eigenvalue weighted by atomic mass is 32.2. The summed E-state index contributed by atoms with van der Waals surface area (Å²) in [5, 5.41) is 8.12. The van der Waals surface area contributed by atoms with E-state index < -0.39 is 10.0 Å². The summed E-state index contributed by atoms with van der Waals surface area (Å²) in [4.78, 5) is 2.55. The maximum Gasteiger partial charge on any atom is 0.243 e. The fraction of sp³-hybridized carbons (Fsp3) is 0.556. The van der Waals surface area contributed by atoms with Crippen LogP contribution in [0.5, 0.6) is 0 Å². The van der Waals surface area contributed by atoms with E-state index in [1.165, 1.54) is 0 Å². The first-order valence-corrected chi connectivity index (χ1v) is 10.3. The van der Waals surface area contributed by atoms with Crippen molar-refractivity contribution in [3.05, 3.63) is 41.1 Å². The number of piperazine rings is 1. The first-order valence-electron chi connectivity index (χ1n) is 8.89. The molecule has 1 aromatic carbocycles. The minimum absolute atomic E-state index is 0.204. The number of hydrogen-bond donors (Lipinski definition) is 0. The van der Waals surface area contributed by atoms with Gasteiger partial charge in [-0.25, -0.2) is 8.42 Å². The van der Waals surface area contributed by atoms with Crippen LogP contribution in [0, 0.1) is 13.8 Å². The van der Waals surface area contributed by atoms with Crippen molar-refractivity contribution in [1.82, 2.24) is 19.4 Å². The zero-order valence-electron chi connectivity index (χ0n) is 15.8. The van der Waals surface area contributed by atoms with E-state index in [0.717, 1.165) is 11.1 Å². The van der Waals surface area contributed by atoms with Crippen LogP contribution in [0.2, 0.25) is 0 Å². The highest BCUT2D eigenvalue weighted by molar-refractivity contribution is 7.89. The average Bonchev–Trinajstić information content (AvgIpc) is 3.06. The molecule has 0 spiro atoms. The van der Waals surface area contributed by atoms with Crippen LogP contribution in [-0.4, -0.2) is 54.0 Å². The van der Waals surface area contributed by atoms with Crippen LogP contribution in [0.25, 0.3) is 0 Å². The van der Waals surface area contributed by atoms with Gasteiger partial charge in [0.25, 0.3) is 0 Å². The Hall–Kier alpha value is -1.77. The Labute approximate surface area is 155 Å². The molecular formula is C18H26N4O3S. The Morgan fingerprint density at radius 3 is 2.42 bits per heavy atom. The van der Waals surface area contributed by atoms with Crippen LogP contribution >= 0.6 is 0 Å². The van der Waals surface area contributed by atoms with Gasteiger partial charge in [-0.3, -0.25) is 4.90 Å². The van der Waals surface area contributed by atoms with Gasteiger partial charge in [0, 0.05) is 32.1 Å². The fourth-order valence-corrected chi connectivity index (χ4v) is 4.74. The van der Waals surface area contributed by atoms with E-state index in [0.29, 0.717) is 49.4 Å². The van der Waals surface area contributed by atoms with Crippen molar-refractivity contribution in [3.8, 4) is 0 Å². The number of aromatic nitrogens is 2. The second-order valence-corrected chi connectivity index (χ2v) is 9.04. The molecule has 8 heteroatoms. The zero-order valence-corrected chi connectivity index (χ0v) is 16.6. The molecule has 0 amide bonds. The monoisotopic (exact) mass is 378 g/mol. The van der Waals surface area contributed by atoms with Crippen LogP contribution in [0.4, 0.5) is 0 Å². The number of rotatable bonds is 5. The lowest BCUT2D eigenvalue weighted by atomic mass is 10.2. The molecule has 0 bridgehead atoms. The van der Waals surface area contributed by atoms with Gasteiger partial charge in [0.1, 0.15) is 0 Å². The molecule has 2 aromatic rings. The maximum absolute atomic E-state index is 13.0. The molecule has 142 valence electrons. The second-order valence-electron chi connectivity index (χ2n) is 7.14. The molecule has 1 aromatic heterocycles. The minimum Gasteiger partial charge on any atom is -0.424 e. The summed E-state index contributed by atoms with van der Waals surface area (Å²) in [6.07, 6.45) is 0. The number of hydrogen-bond acceptors (Lipinski definition) is 6.